The number of hydrogen-bond acceptors (Lipinski definition) is 6. The van der Waals surface area contributed by atoms with Gasteiger partial charge in [-0.05, 0) is 17.9 Å². The standard InChI is InChI=1S/C14H17N3O3S/c18-12(15-8-10-5-6-19-9-10)3-4-13-16-14(17-20-13)11-2-1-7-21-11/h1-2,7,10H,3-6,8-9H2,(H,15,18). The molecule has 1 fully saturated rings. The van der Waals surface area contributed by atoms with E-state index in [0.717, 1.165) is 24.5 Å². The van der Waals surface area contributed by atoms with Gasteiger partial charge in [0.05, 0.1) is 11.5 Å². The summed E-state index contributed by atoms with van der Waals surface area (Å²) in [6.45, 7) is 2.23. The summed E-state index contributed by atoms with van der Waals surface area (Å²) in [5.41, 5.74) is 0. The van der Waals surface area contributed by atoms with Gasteiger partial charge in [0.25, 0.3) is 0 Å². The first kappa shape index (κ1) is 14.2. The summed E-state index contributed by atoms with van der Waals surface area (Å²) >= 11 is 1.56. The Morgan fingerprint density at radius 1 is 1.52 bits per heavy atom. The molecule has 112 valence electrons. The molecular weight excluding hydrogens is 290 g/mol. The number of nitrogens with zero attached hydrogens (tertiary/aromatic N) is 2. The largest absolute Gasteiger partial charge is 0.381 e. The third-order valence-electron chi connectivity index (χ3n) is 3.39. The van der Waals surface area contributed by atoms with Gasteiger partial charge in [-0.2, -0.15) is 4.98 Å². The molecule has 3 heterocycles. The van der Waals surface area contributed by atoms with Gasteiger partial charge in [-0.15, -0.1) is 11.3 Å². The van der Waals surface area contributed by atoms with Crippen LogP contribution in [0, 0.1) is 5.92 Å². The van der Waals surface area contributed by atoms with E-state index in [9.17, 15) is 4.79 Å². The van der Waals surface area contributed by atoms with Gasteiger partial charge in [0.1, 0.15) is 0 Å². The minimum absolute atomic E-state index is 0.0118. The zero-order valence-corrected chi connectivity index (χ0v) is 12.4. The third kappa shape index (κ3) is 3.89. The predicted molar refractivity (Wildman–Crippen MR) is 77.9 cm³/mol. The highest BCUT2D eigenvalue weighted by atomic mass is 32.1. The molecule has 0 spiro atoms. The number of rotatable bonds is 6. The Balaban J connectivity index is 1.43. The summed E-state index contributed by atoms with van der Waals surface area (Å²) in [5, 5.41) is 8.81. The molecule has 0 bridgehead atoms. The highest BCUT2D eigenvalue weighted by Gasteiger charge is 2.16. The SMILES string of the molecule is O=C(CCc1nc(-c2cccs2)no1)NCC1CCOC1. The molecule has 1 saturated heterocycles. The van der Waals surface area contributed by atoms with Gasteiger partial charge in [0.15, 0.2) is 0 Å². The summed E-state index contributed by atoms with van der Waals surface area (Å²) in [4.78, 5) is 17.0. The number of aryl methyl sites for hydroxylation is 1. The van der Waals surface area contributed by atoms with Crippen molar-refractivity contribution in [1.82, 2.24) is 15.5 Å². The van der Waals surface area contributed by atoms with E-state index in [2.05, 4.69) is 15.5 Å². The van der Waals surface area contributed by atoms with Crippen LogP contribution in [-0.4, -0.2) is 35.8 Å². The van der Waals surface area contributed by atoms with Gasteiger partial charge in [0.2, 0.25) is 17.6 Å². The average molecular weight is 307 g/mol. The van der Waals surface area contributed by atoms with E-state index in [-0.39, 0.29) is 5.91 Å². The zero-order valence-electron chi connectivity index (χ0n) is 11.6. The lowest BCUT2D eigenvalue weighted by molar-refractivity contribution is -0.121. The van der Waals surface area contributed by atoms with E-state index in [1.54, 1.807) is 11.3 Å². The molecule has 21 heavy (non-hydrogen) atoms. The van der Waals surface area contributed by atoms with E-state index >= 15 is 0 Å². The van der Waals surface area contributed by atoms with Gasteiger partial charge < -0.3 is 14.6 Å². The van der Waals surface area contributed by atoms with Crippen molar-refractivity contribution in [3.8, 4) is 10.7 Å². The van der Waals surface area contributed by atoms with Crippen molar-refractivity contribution in [2.75, 3.05) is 19.8 Å². The minimum Gasteiger partial charge on any atom is -0.381 e. The highest BCUT2D eigenvalue weighted by Crippen LogP contribution is 2.21. The Bertz CT molecular complexity index is 576. The molecule has 1 N–H and O–H groups in total. The van der Waals surface area contributed by atoms with Crippen LogP contribution < -0.4 is 5.32 Å². The number of carbonyl (C=O) groups excluding carboxylic acids is 1. The number of nitrogens with one attached hydrogen (secondary N) is 1. The molecule has 0 aliphatic carbocycles. The van der Waals surface area contributed by atoms with Crippen LogP contribution in [-0.2, 0) is 16.0 Å². The van der Waals surface area contributed by atoms with Crippen molar-refractivity contribution in [3.63, 3.8) is 0 Å². The highest BCUT2D eigenvalue weighted by molar-refractivity contribution is 7.13. The van der Waals surface area contributed by atoms with E-state index < -0.39 is 0 Å². The summed E-state index contributed by atoms with van der Waals surface area (Å²) in [6.07, 6.45) is 1.85. The molecular formula is C14H17N3O3S. The van der Waals surface area contributed by atoms with E-state index in [4.69, 9.17) is 9.26 Å². The van der Waals surface area contributed by atoms with Crippen LogP contribution in [0.25, 0.3) is 10.7 Å². The second-order valence-electron chi connectivity index (χ2n) is 5.02. The number of hydrogen-bond donors (Lipinski definition) is 1. The van der Waals surface area contributed by atoms with Crippen molar-refractivity contribution >= 4 is 17.2 Å². The lowest BCUT2D eigenvalue weighted by Crippen LogP contribution is -2.29. The van der Waals surface area contributed by atoms with Crippen LogP contribution in [0.3, 0.4) is 0 Å². The quantitative estimate of drug-likeness (QED) is 0.881. The lowest BCUT2D eigenvalue weighted by Gasteiger charge is -2.08. The van der Waals surface area contributed by atoms with Crippen LogP contribution in [0.2, 0.25) is 0 Å². The van der Waals surface area contributed by atoms with Crippen molar-refractivity contribution in [1.29, 1.82) is 0 Å². The first-order chi connectivity index (χ1) is 10.3. The van der Waals surface area contributed by atoms with E-state index in [0.29, 0.717) is 37.0 Å². The molecule has 0 aromatic carbocycles. The first-order valence-electron chi connectivity index (χ1n) is 7.02. The maximum absolute atomic E-state index is 11.8. The molecule has 0 saturated carbocycles. The van der Waals surface area contributed by atoms with Crippen LogP contribution in [0.5, 0.6) is 0 Å². The van der Waals surface area contributed by atoms with E-state index in [1.807, 2.05) is 17.5 Å². The van der Waals surface area contributed by atoms with Gasteiger partial charge in [-0.25, -0.2) is 0 Å². The normalized spacial score (nSPS) is 18.0. The maximum atomic E-state index is 11.8. The number of ether oxygens (including phenoxy) is 1. The fourth-order valence-corrected chi connectivity index (χ4v) is 2.82. The van der Waals surface area contributed by atoms with Gasteiger partial charge in [-0.3, -0.25) is 4.79 Å². The fraction of sp³-hybridized carbons (Fsp3) is 0.500. The summed E-state index contributed by atoms with van der Waals surface area (Å²) in [6, 6.07) is 3.88. The van der Waals surface area contributed by atoms with Gasteiger partial charge in [0, 0.05) is 31.9 Å². The molecule has 7 heteroatoms. The summed E-state index contributed by atoms with van der Waals surface area (Å²) in [5.74, 6) is 1.54. The zero-order chi connectivity index (χ0) is 14.5. The molecule has 1 aliphatic rings. The maximum Gasteiger partial charge on any atom is 0.227 e. The Hall–Kier alpha value is -1.73. The second kappa shape index (κ2) is 6.82. The first-order valence-corrected chi connectivity index (χ1v) is 7.90. The Morgan fingerprint density at radius 3 is 3.24 bits per heavy atom. The smallest absolute Gasteiger partial charge is 0.227 e. The van der Waals surface area contributed by atoms with Crippen LogP contribution in [0.15, 0.2) is 22.0 Å². The number of amides is 1. The molecule has 6 nitrogen and oxygen atoms in total. The summed E-state index contributed by atoms with van der Waals surface area (Å²) in [7, 11) is 0. The number of aromatic nitrogens is 2. The minimum atomic E-state index is 0.0118. The average Bonchev–Trinajstić information content (AvgIpc) is 3.24. The lowest BCUT2D eigenvalue weighted by atomic mass is 10.1. The molecule has 1 aliphatic heterocycles. The number of thiophene rings is 1. The van der Waals surface area contributed by atoms with Crippen molar-refractivity contribution in [2.45, 2.75) is 19.3 Å². The third-order valence-corrected chi connectivity index (χ3v) is 4.25. The van der Waals surface area contributed by atoms with Crippen LogP contribution >= 0.6 is 11.3 Å². The second-order valence-corrected chi connectivity index (χ2v) is 5.97. The molecule has 3 rings (SSSR count). The fourth-order valence-electron chi connectivity index (χ4n) is 2.17. The van der Waals surface area contributed by atoms with Crippen LogP contribution in [0.1, 0.15) is 18.7 Å². The van der Waals surface area contributed by atoms with Gasteiger partial charge in [-0.1, -0.05) is 11.2 Å². The monoisotopic (exact) mass is 307 g/mol. The molecule has 1 atom stereocenters. The van der Waals surface area contributed by atoms with Crippen molar-refractivity contribution < 1.29 is 14.1 Å². The predicted octanol–water partition coefficient (Wildman–Crippen LogP) is 1.88. The van der Waals surface area contributed by atoms with Crippen molar-refractivity contribution in [2.24, 2.45) is 5.92 Å². The van der Waals surface area contributed by atoms with E-state index in [1.165, 1.54) is 0 Å². The molecule has 1 amide bonds. The van der Waals surface area contributed by atoms with Crippen LogP contribution in [0.4, 0.5) is 0 Å². The molecule has 2 aromatic rings. The Kier molecular flexibility index (Phi) is 4.62. The molecule has 1 unspecified atom stereocenters. The summed E-state index contributed by atoms with van der Waals surface area (Å²) < 4.78 is 10.4. The van der Waals surface area contributed by atoms with Gasteiger partial charge >= 0.3 is 0 Å². The molecule has 0 radical (unpaired) electrons. The Labute approximate surface area is 126 Å². The molecule has 2 aromatic heterocycles. The van der Waals surface area contributed by atoms with Crippen molar-refractivity contribution in [3.05, 3.63) is 23.4 Å². The topological polar surface area (TPSA) is 77.2 Å². The number of carbonyl (C=O) groups is 1. The Morgan fingerprint density at radius 2 is 2.48 bits per heavy atom.